The third kappa shape index (κ3) is 9.21. The molecule has 3 aliphatic heterocycles. The molecule has 372 valence electrons. The van der Waals surface area contributed by atoms with Gasteiger partial charge in [-0.05, 0) is 70.8 Å². The van der Waals surface area contributed by atoms with Crippen molar-refractivity contribution in [3.63, 3.8) is 0 Å². The highest BCUT2D eigenvalue weighted by molar-refractivity contribution is 6.04. The topological polar surface area (TPSA) is 139 Å². The molecule has 12 heteroatoms. The number of rotatable bonds is 4. The van der Waals surface area contributed by atoms with Crippen molar-refractivity contribution >= 4 is 45.3 Å². The van der Waals surface area contributed by atoms with Crippen LogP contribution in [0.1, 0.15) is 11.4 Å². The molecule has 0 saturated heterocycles. The third-order valence-corrected chi connectivity index (χ3v) is 13.5. The molecular weight excluding hydrogens is 949 g/mol. The summed E-state index contributed by atoms with van der Waals surface area (Å²) >= 11 is 0. The van der Waals surface area contributed by atoms with Crippen molar-refractivity contribution in [2.24, 2.45) is 0 Å². The normalized spacial score (nSPS) is 13.9. The molecule has 0 spiro atoms. The zero-order valence-electron chi connectivity index (χ0n) is 41.4. The first-order chi connectivity index (χ1) is 37.7. The van der Waals surface area contributed by atoms with Crippen LogP contribution in [0.25, 0.3) is 113 Å². The van der Waals surface area contributed by atoms with Crippen molar-refractivity contribution in [3.8, 4) is 90.3 Å². The quantitative estimate of drug-likeness (QED) is 0.175. The molecule has 7 heterocycles. The van der Waals surface area contributed by atoms with E-state index >= 15 is 0 Å². The lowest BCUT2D eigenvalue weighted by molar-refractivity contribution is 0.0641. The van der Waals surface area contributed by atoms with E-state index in [0.717, 1.165) is 78.0 Å². The van der Waals surface area contributed by atoms with Crippen molar-refractivity contribution in [2.45, 2.75) is 0 Å². The van der Waals surface area contributed by atoms with Crippen LogP contribution < -0.4 is 18.9 Å². The van der Waals surface area contributed by atoms with Crippen LogP contribution in [0.3, 0.4) is 0 Å². The molecule has 4 aromatic heterocycles. The number of nitrogens with one attached hydrogen (secondary N) is 2. The summed E-state index contributed by atoms with van der Waals surface area (Å²) in [6, 6.07) is 61.4. The number of fused-ring (bicyclic) bond motifs is 14. The monoisotopic (exact) mass is 998 g/mol. The fourth-order valence-corrected chi connectivity index (χ4v) is 10.1. The molecule has 12 nitrogen and oxygen atoms in total. The predicted molar refractivity (Wildman–Crippen MR) is 299 cm³/mol. The van der Waals surface area contributed by atoms with Crippen LogP contribution in [-0.4, -0.2) is 82.8 Å². The fourth-order valence-electron chi connectivity index (χ4n) is 10.1. The van der Waals surface area contributed by atoms with Gasteiger partial charge in [-0.25, -0.2) is 19.9 Å². The molecule has 6 aromatic carbocycles. The van der Waals surface area contributed by atoms with Crippen molar-refractivity contribution in [1.29, 1.82) is 0 Å². The molecule has 0 unspecified atom stereocenters. The van der Waals surface area contributed by atoms with Gasteiger partial charge >= 0.3 is 0 Å². The minimum absolute atomic E-state index is 0.253. The van der Waals surface area contributed by atoms with E-state index in [1.807, 2.05) is 84.9 Å². The molecule has 3 aliphatic rings. The van der Waals surface area contributed by atoms with Gasteiger partial charge in [-0.3, -0.25) is 0 Å². The van der Waals surface area contributed by atoms with Crippen LogP contribution in [0.15, 0.2) is 182 Å². The number of benzene rings is 6. The first kappa shape index (κ1) is 46.4. The summed E-state index contributed by atoms with van der Waals surface area (Å²) in [4.78, 5) is 30.0. The van der Waals surface area contributed by atoms with Gasteiger partial charge in [0.1, 0.15) is 49.2 Å². The average Bonchev–Trinajstić information content (AvgIpc) is 4.31. The molecule has 8 bridgehead atoms. The van der Waals surface area contributed by atoms with Gasteiger partial charge in [0.05, 0.1) is 48.8 Å². The first-order valence-corrected chi connectivity index (χ1v) is 25.5. The Bertz CT molecular complexity index is 3710. The summed E-state index contributed by atoms with van der Waals surface area (Å²) in [7, 11) is 0. The van der Waals surface area contributed by atoms with E-state index in [2.05, 4.69) is 119 Å². The molecule has 0 fully saturated rings. The zero-order chi connectivity index (χ0) is 50.6. The highest BCUT2D eigenvalue weighted by Gasteiger charge is 2.29. The largest absolute Gasteiger partial charge is 0.487 e. The Hall–Kier alpha value is -9.36. The van der Waals surface area contributed by atoms with Gasteiger partial charge in [-0.2, -0.15) is 0 Å². The number of aromatic amines is 2. The molecule has 0 radical (unpaired) electrons. The maximum Gasteiger partial charge on any atom is 0.163 e. The molecule has 0 amide bonds. The molecule has 10 aromatic rings. The van der Waals surface area contributed by atoms with Crippen molar-refractivity contribution in [1.82, 2.24) is 29.9 Å². The molecule has 2 N–H and O–H groups in total. The van der Waals surface area contributed by atoms with Gasteiger partial charge in [0, 0.05) is 56.5 Å². The Morgan fingerprint density at radius 1 is 0.289 bits per heavy atom. The van der Waals surface area contributed by atoms with E-state index in [1.54, 1.807) is 0 Å². The lowest BCUT2D eigenvalue weighted by atomic mass is 10.00. The summed E-state index contributed by atoms with van der Waals surface area (Å²) in [5, 5.41) is 0. The Balaban J connectivity index is 1.05. The van der Waals surface area contributed by atoms with E-state index in [-0.39, 0.29) is 13.2 Å². The van der Waals surface area contributed by atoms with Crippen LogP contribution >= 0.6 is 0 Å². The highest BCUT2D eigenvalue weighted by Crippen LogP contribution is 2.47. The zero-order valence-corrected chi connectivity index (χ0v) is 41.4. The second-order valence-corrected chi connectivity index (χ2v) is 18.3. The van der Waals surface area contributed by atoms with E-state index in [4.69, 9.17) is 48.4 Å². The summed E-state index contributed by atoms with van der Waals surface area (Å²) in [5.74, 6) is 2.30. The standard InChI is InChI=1S/C64H50N6O6/c1-5-15-41(16-6-1)57-45-25-26-46(65-45)58(42-17-7-2-8-18-42)48-28-30-50(67-48)60(44-21-11-4-12-22-44)62-64-63(61(70-62)59(43-19-9-3-10-20-43)49-29-27-47(57)66-49)68-51-39-55-56(40-52(51)69-64)76-38-34-72-32-36-74-54-24-14-13-23-53(54)73-35-31-71-33-37-75-55/h1-30,39-40,66-67H,31-38H2. The van der Waals surface area contributed by atoms with Crippen molar-refractivity contribution in [3.05, 3.63) is 193 Å². The second kappa shape index (κ2) is 20.9. The van der Waals surface area contributed by atoms with E-state index in [0.29, 0.717) is 96.4 Å². The van der Waals surface area contributed by atoms with Crippen LogP contribution in [-0.2, 0) is 9.47 Å². The minimum Gasteiger partial charge on any atom is -0.487 e. The van der Waals surface area contributed by atoms with Crippen molar-refractivity contribution in [2.75, 3.05) is 52.9 Å². The number of aromatic nitrogens is 6. The maximum atomic E-state index is 6.46. The van der Waals surface area contributed by atoms with E-state index in [9.17, 15) is 0 Å². The van der Waals surface area contributed by atoms with Gasteiger partial charge in [0.2, 0.25) is 0 Å². The average molecular weight is 999 g/mol. The van der Waals surface area contributed by atoms with Gasteiger partial charge in [0.15, 0.2) is 23.0 Å². The molecular formula is C64H50N6O6. The van der Waals surface area contributed by atoms with Crippen LogP contribution in [0.5, 0.6) is 23.0 Å². The Labute approximate surface area is 438 Å². The Morgan fingerprint density at radius 3 is 1.00 bits per heavy atom. The molecule has 0 saturated carbocycles. The van der Waals surface area contributed by atoms with Gasteiger partial charge in [0.25, 0.3) is 0 Å². The van der Waals surface area contributed by atoms with Crippen molar-refractivity contribution < 1.29 is 28.4 Å². The van der Waals surface area contributed by atoms with E-state index < -0.39 is 0 Å². The van der Waals surface area contributed by atoms with Gasteiger partial charge in [-0.15, -0.1) is 0 Å². The van der Waals surface area contributed by atoms with Gasteiger partial charge in [-0.1, -0.05) is 133 Å². The smallest absolute Gasteiger partial charge is 0.163 e. The second-order valence-electron chi connectivity index (χ2n) is 18.3. The van der Waals surface area contributed by atoms with Crippen LogP contribution in [0, 0.1) is 0 Å². The first-order valence-electron chi connectivity index (χ1n) is 25.5. The summed E-state index contributed by atoms with van der Waals surface area (Å²) in [6.07, 6.45) is 4.23. The number of nitrogens with zero attached hydrogens (tertiary/aromatic N) is 4. The number of H-pyrrole nitrogens is 2. The minimum atomic E-state index is 0.253. The van der Waals surface area contributed by atoms with Crippen LogP contribution in [0.2, 0.25) is 0 Å². The number of para-hydroxylation sites is 2. The Morgan fingerprint density at radius 2 is 0.618 bits per heavy atom. The summed E-state index contributed by atoms with van der Waals surface area (Å²) in [6.45, 7) is 2.54. The number of hydrogen-bond acceptors (Lipinski definition) is 10. The molecule has 0 aliphatic carbocycles. The molecule has 0 atom stereocenters. The van der Waals surface area contributed by atoms with E-state index in [1.165, 1.54) is 0 Å². The Kier molecular flexibility index (Phi) is 12.7. The third-order valence-electron chi connectivity index (χ3n) is 13.5. The summed E-state index contributed by atoms with van der Waals surface area (Å²) in [5.41, 5.74) is 16.6. The molecule has 76 heavy (non-hydrogen) atoms. The maximum absolute atomic E-state index is 6.46. The lowest BCUT2D eigenvalue weighted by Crippen LogP contribution is -2.15. The van der Waals surface area contributed by atoms with Gasteiger partial charge < -0.3 is 38.4 Å². The number of hydrogen-bond donors (Lipinski definition) is 2. The van der Waals surface area contributed by atoms with Crippen LogP contribution in [0.4, 0.5) is 0 Å². The highest BCUT2D eigenvalue weighted by atomic mass is 16.6. The number of ether oxygens (including phenoxy) is 6. The fraction of sp³-hybridized carbons (Fsp3) is 0.125. The molecule has 13 rings (SSSR count). The lowest BCUT2D eigenvalue weighted by Gasteiger charge is -2.16. The summed E-state index contributed by atoms with van der Waals surface area (Å²) < 4.78 is 36.9. The predicted octanol–water partition coefficient (Wildman–Crippen LogP) is 13.7. The SMILES string of the molecule is C1=Cc2nc1c(-c1ccccc1)c1ccc([nH]1)c(-c1ccccc1)c1nc(c(-c3ccccc3)c3ccc([nH]3)c2-c2ccccc2)-c2nc3cc4c(cc3nc2-1)OCCOCCOc1ccccc1OCCOCCO4.